The van der Waals surface area contributed by atoms with Gasteiger partial charge in [-0.15, -0.1) is 0 Å². The van der Waals surface area contributed by atoms with Gasteiger partial charge in [-0.05, 0) is 41.8 Å². The number of aryl methyl sites for hydroxylation is 1. The Balaban J connectivity index is 1.94. The van der Waals surface area contributed by atoms with Gasteiger partial charge in [0, 0.05) is 6.26 Å². The second-order valence-corrected chi connectivity index (χ2v) is 8.30. The average Bonchev–Trinajstić information content (AvgIpc) is 3.01. The summed E-state index contributed by atoms with van der Waals surface area (Å²) in [6, 6.07) is 16.4. The number of hydrogen-bond acceptors (Lipinski definition) is 5. The fourth-order valence-electron chi connectivity index (χ4n) is 2.82. The van der Waals surface area contributed by atoms with Crippen LogP contribution in [0.2, 0.25) is 0 Å². The molecule has 3 aromatic rings. The summed E-state index contributed by atoms with van der Waals surface area (Å²) in [7, 11) is -1.91. The maximum absolute atomic E-state index is 11.8. The van der Waals surface area contributed by atoms with Crippen LogP contribution in [-0.4, -0.2) is 37.5 Å². The smallest absolute Gasteiger partial charge is 0.327 e. The summed E-state index contributed by atoms with van der Waals surface area (Å²) in [6.45, 7) is 1.90. The van der Waals surface area contributed by atoms with Crippen molar-refractivity contribution in [2.45, 2.75) is 18.4 Å². The van der Waals surface area contributed by atoms with E-state index in [4.69, 9.17) is 4.74 Å². The molecule has 0 unspecified atom stereocenters. The lowest BCUT2D eigenvalue weighted by molar-refractivity contribution is -0.141. The van der Waals surface area contributed by atoms with Crippen LogP contribution in [0.25, 0.3) is 22.4 Å². The van der Waals surface area contributed by atoms with Gasteiger partial charge in [-0.2, -0.15) is 5.10 Å². The molecule has 0 N–H and O–H groups in total. The van der Waals surface area contributed by atoms with Crippen LogP contribution >= 0.6 is 0 Å². The summed E-state index contributed by atoms with van der Waals surface area (Å²) < 4.78 is 29.9. The lowest BCUT2D eigenvalue weighted by Crippen LogP contribution is -2.13. The van der Waals surface area contributed by atoms with Crippen LogP contribution in [-0.2, 0) is 25.9 Å². The minimum absolute atomic E-state index is 0.0395. The summed E-state index contributed by atoms with van der Waals surface area (Å²) >= 11 is 0. The molecule has 7 heteroatoms. The predicted molar refractivity (Wildman–Crippen MR) is 103 cm³/mol. The van der Waals surface area contributed by atoms with Crippen LogP contribution in [0.4, 0.5) is 0 Å². The van der Waals surface area contributed by atoms with Gasteiger partial charge in [0.25, 0.3) is 0 Å². The summed E-state index contributed by atoms with van der Waals surface area (Å²) in [4.78, 5) is 11.9. The molecule has 0 spiro atoms. The first-order chi connectivity index (χ1) is 12.8. The lowest BCUT2D eigenvalue weighted by Gasteiger charge is -2.08. The SMILES string of the molecule is COC(=O)Cn1nc(C)cc1-c1ccc(-c2cccc(S(C)(=O)=O)c2)cc1. The Kier molecular flexibility index (Phi) is 5.14. The van der Waals surface area contributed by atoms with Crippen molar-refractivity contribution >= 4 is 15.8 Å². The van der Waals surface area contributed by atoms with E-state index < -0.39 is 9.84 Å². The molecule has 3 rings (SSSR count). The third-order valence-corrected chi connectivity index (χ3v) is 5.30. The standard InChI is InChI=1S/C20H20N2O4S/c1-14-11-19(22(21-14)13-20(23)26-2)16-9-7-15(8-10-16)17-5-4-6-18(12-17)27(3,24)25/h4-12H,13H2,1-3H3. The summed E-state index contributed by atoms with van der Waals surface area (Å²) in [6.07, 6.45) is 1.19. The molecule has 27 heavy (non-hydrogen) atoms. The second kappa shape index (κ2) is 7.36. The van der Waals surface area contributed by atoms with Crippen molar-refractivity contribution in [2.75, 3.05) is 13.4 Å². The monoisotopic (exact) mass is 384 g/mol. The van der Waals surface area contributed by atoms with Crippen LogP contribution in [0, 0.1) is 6.92 Å². The van der Waals surface area contributed by atoms with E-state index in [1.54, 1.807) is 22.9 Å². The van der Waals surface area contributed by atoms with E-state index in [9.17, 15) is 13.2 Å². The number of esters is 1. The van der Waals surface area contributed by atoms with E-state index in [1.165, 1.54) is 13.4 Å². The number of ether oxygens (including phenoxy) is 1. The van der Waals surface area contributed by atoms with Crippen LogP contribution < -0.4 is 0 Å². The van der Waals surface area contributed by atoms with Crippen LogP contribution in [0.15, 0.2) is 59.5 Å². The number of aromatic nitrogens is 2. The molecule has 0 aliphatic rings. The van der Waals surface area contributed by atoms with Crippen molar-refractivity contribution in [2.24, 2.45) is 0 Å². The van der Waals surface area contributed by atoms with Crippen LogP contribution in [0.3, 0.4) is 0 Å². The van der Waals surface area contributed by atoms with E-state index in [0.29, 0.717) is 0 Å². The van der Waals surface area contributed by atoms with Gasteiger partial charge in [0.15, 0.2) is 9.84 Å². The number of benzene rings is 2. The molecule has 0 amide bonds. The Morgan fingerprint density at radius 1 is 1.04 bits per heavy atom. The fraction of sp³-hybridized carbons (Fsp3) is 0.200. The zero-order chi connectivity index (χ0) is 19.6. The zero-order valence-corrected chi connectivity index (χ0v) is 16.2. The minimum Gasteiger partial charge on any atom is -0.468 e. The normalized spacial score (nSPS) is 11.4. The van der Waals surface area contributed by atoms with Crippen molar-refractivity contribution in [3.8, 4) is 22.4 Å². The maximum Gasteiger partial charge on any atom is 0.327 e. The number of carbonyl (C=O) groups excluding carboxylic acids is 1. The minimum atomic E-state index is -3.26. The second-order valence-electron chi connectivity index (χ2n) is 6.28. The fourth-order valence-corrected chi connectivity index (χ4v) is 3.49. The third-order valence-electron chi connectivity index (χ3n) is 4.18. The molecule has 0 bridgehead atoms. The predicted octanol–water partition coefficient (Wildman–Crippen LogP) is 3.10. The third kappa shape index (κ3) is 4.25. The maximum atomic E-state index is 11.8. The quantitative estimate of drug-likeness (QED) is 0.632. The Bertz CT molecular complexity index is 1080. The van der Waals surface area contributed by atoms with Crippen LogP contribution in [0.5, 0.6) is 0 Å². The summed E-state index contributed by atoms with van der Waals surface area (Å²) in [5.74, 6) is -0.367. The molecule has 0 saturated heterocycles. The lowest BCUT2D eigenvalue weighted by atomic mass is 10.0. The highest BCUT2D eigenvalue weighted by molar-refractivity contribution is 7.90. The Morgan fingerprint density at radius 2 is 1.70 bits per heavy atom. The summed E-state index contributed by atoms with van der Waals surface area (Å²) in [5, 5.41) is 4.34. The van der Waals surface area contributed by atoms with E-state index >= 15 is 0 Å². The van der Waals surface area contributed by atoms with Gasteiger partial charge in [0.1, 0.15) is 6.54 Å². The Morgan fingerprint density at radius 3 is 2.33 bits per heavy atom. The first kappa shape index (κ1) is 18.8. The topological polar surface area (TPSA) is 78.3 Å². The van der Waals surface area contributed by atoms with Gasteiger partial charge in [-0.3, -0.25) is 9.48 Å². The van der Waals surface area contributed by atoms with E-state index in [1.807, 2.05) is 43.3 Å². The van der Waals surface area contributed by atoms with Gasteiger partial charge in [-0.1, -0.05) is 36.4 Å². The number of methoxy groups -OCH3 is 1. The molecular formula is C20H20N2O4S. The molecule has 1 aromatic heterocycles. The highest BCUT2D eigenvalue weighted by Crippen LogP contribution is 2.27. The molecule has 2 aromatic carbocycles. The Labute approximate surface area is 158 Å². The van der Waals surface area contributed by atoms with Crippen molar-refractivity contribution in [1.82, 2.24) is 9.78 Å². The molecule has 0 atom stereocenters. The average molecular weight is 384 g/mol. The first-order valence-corrected chi connectivity index (χ1v) is 10.2. The first-order valence-electron chi connectivity index (χ1n) is 8.30. The van der Waals surface area contributed by atoms with Crippen molar-refractivity contribution in [3.63, 3.8) is 0 Å². The van der Waals surface area contributed by atoms with E-state index in [0.717, 1.165) is 28.1 Å². The summed E-state index contributed by atoms with van der Waals surface area (Å²) in [5.41, 5.74) is 4.25. The number of carbonyl (C=O) groups is 1. The molecule has 0 saturated carbocycles. The number of hydrogen-bond donors (Lipinski definition) is 0. The number of sulfone groups is 1. The molecule has 1 heterocycles. The Hall–Kier alpha value is -2.93. The van der Waals surface area contributed by atoms with Crippen molar-refractivity contribution in [1.29, 1.82) is 0 Å². The van der Waals surface area contributed by atoms with Crippen LogP contribution in [0.1, 0.15) is 5.69 Å². The van der Waals surface area contributed by atoms with E-state index in [2.05, 4.69) is 5.10 Å². The largest absolute Gasteiger partial charge is 0.468 e. The number of nitrogens with zero attached hydrogens (tertiary/aromatic N) is 2. The van der Waals surface area contributed by atoms with Gasteiger partial charge in [-0.25, -0.2) is 8.42 Å². The van der Waals surface area contributed by atoms with Gasteiger partial charge in [0.05, 0.1) is 23.4 Å². The number of rotatable bonds is 5. The molecule has 0 aliphatic carbocycles. The molecule has 0 fully saturated rings. The molecule has 140 valence electrons. The highest BCUT2D eigenvalue weighted by Gasteiger charge is 2.13. The van der Waals surface area contributed by atoms with E-state index in [-0.39, 0.29) is 17.4 Å². The van der Waals surface area contributed by atoms with Gasteiger partial charge < -0.3 is 4.74 Å². The molecule has 6 nitrogen and oxygen atoms in total. The molecule has 0 aliphatic heterocycles. The molecule has 0 radical (unpaired) electrons. The van der Waals surface area contributed by atoms with Crippen molar-refractivity contribution < 1.29 is 17.9 Å². The molecular weight excluding hydrogens is 364 g/mol. The van der Waals surface area contributed by atoms with Gasteiger partial charge in [0.2, 0.25) is 0 Å². The van der Waals surface area contributed by atoms with Crippen molar-refractivity contribution in [3.05, 3.63) is 60.3 Å². The van der Waals surface area contributed by atoms with Gasteiger partial charge >= 0.3 is 5.97 Å². The highest BCUT2D eigenvalue weighted by atomic mass is 32.2. The zero-order valence-electron chi connectivity index (χ0n) is 15.3.